The van der Waals surface area contributed by atoms with Gasteiger partial charge in [0.05, 0.1) is 6.04 Å². The zero-order valence-electron chi connectivity index (χ0n) is 14.2. The molecule has 25 heavy (non-hydrogen) atoms. The molecule has 0 saturated heterocycles. The van der Waals surface area contributed by atoms with Gasteiger partial charge in [-0.15, -0.1) is 11.3 Å². The smallest absolute Gasteiger partial charge is 0.244 e. The van der Waals surface area contributed by atoms with E-state index >= 15 is 0 Å². The van der Waals surface area contributed by atoms with Crippen molar-refractivity contribution in [1.29, 1.82) is 0 Å². The SMILES string of the molecule is CCc1ccc([C@@H](NC(=O)/C=C/c2ccccc2)c2cccs2)cc1. The Kier molecular flexibility index (Phi) is 5.81. The lowest BCUT2D eigenvalue weighted by Gasteiger charge is -2.17. The van der Waals surface area contributed by atoms with Crippen molar-refractivity contribution in [3.05, 3.63) is 99.8 Å². The second-order valence-electron chi connectivity index (χ2n) is 5.80. The summed E-state index contributed by atoms with van der Waals surface area (Å²) in [4.78, 5) is 13.6. The van der Waals surface area contributed by atoms with Crippen molar-refractivity contribution in [2.45, 2.75) is 19.4 Å². The number of nitrogens with one attached hydrogen (secondary N) is 1. The van der Waals surface area contributed by atoms with E-state index in [0.29, 0.717) is 0 Å². The first kappa shape index (κ1) is 17.2. The quantitative estimate of drug-likeness (QED) is 0.608. The van der Waals surface area contributed by atoms with Gasteiger partial charge in [0.15, 0.2) is 0 Å². The molecule has 1 heterocycles. The summed E-state index contributed by atoms with van der Waals surface area (Å²) in [6.07, 6.45) is 4.44. The van der Waals surface area contributed by atoms with Gasteiger partial charge in [-0.1, -0.05) is 67.6 Å². The Bertz CT molecular complexity index is 820. The van der Waals surface area contributed by atoms with Crippen LogP contribution in [0.15, 0.2) is 78.2 Å². The van der Waals surface area contributed by atoms with Gasteiger partial charge in [-0.2, -0.15) is 0 Å². The van der Waals surface area contributed by atoms with Crippen molar-refractivity contribution in [1.82, 2.24) is 5.32 Å². The molecule has 1 amide bonds. The normalized spacial score (nSPS) is 12.2. The van der Waals surface area contributed by atoms with Crippen molar-refractivity contribution in [3.63, 3.8) is 0 Å². The first-order valence-corrected chi connectivity index (χ1v) is 9.30. The molecule has 0 spiro atoms. The number of carbonyl (C=O) groups excluding carboxylic acids is 1. The van der Waals surface area contributed by atoms with Crippen LogP contribution >= 0.6 is 11.3 Å². The fourth-order valence-electron chi connectivity index (χ4n) is 2.65. The molecule has 3 heteroatoms. The third-order valence-electron chi connectivity index (χ3n) is 4.06. The molecule has 0 radical (unpaired) electrons. The lowest BCUT2D eigenvalue weighted by atomic mass is 10.0. The molecular weight excluding hydrogens is 326 g/mol. The number of hydrogen-bond acceptors (Lipinski definition) is 2. The van der Waals surface area contributed by atoms with Crippen molar-refractivity contribution in [2.24, 2.45) is 0 Å². The predicted molar refractivity (Wildman–Crippen MR) is 106 cm³/mol. The predicted octanol–water partition coefficient (Wildman–Crippen LogP) is 5.23. The minimum Gasteiger partial charge on any atom is -0.341 e. The third kappa shape index (κ3) is 4.68. The van der Waals surface area contributed by atoms with Crippen LogP contribution in [0.3, 0.4) is 0 Å². The summed E-state index contributed by atoms with van der Waals surface area (Å²) in [6.45, 7) is 2.14. The van der Waals surface area contributed by atoms with Crippen LogP contribution < -0.4 is 5.32 Å². The fraction of sp³-hybridized carbons (Fsp3) is 0.136. The van der Waals surface area contributed by atoms with Crippen LogP contribution in [0.1, 0.15) is 34.5 Å². The van der Waals surface area contributed by atoms with Crippen LogP contribution in [0.2, 0.25) is 0 Å². The van der Waals surface area contributed by atoms with Gasteiger partial charge >= 0.3 is 0 Å². The van der Waals surface area contributed by atoms with Crippen molar-refractivity contribution in [3.8, 4) is 0 Å². The largest absolute Gasteiger partial charge is 0.341 e. The molecule has 126 valence electrons. The first-order valence-electron chi connectivity index (χ1n) is 8.42. The maximum Gasteiger partial charge on any atom is 0.244 e. The molecule has 2 nitrogen and oxygen atoms in total. The van der Waals surface area contributed by atoms with Crippen LogP contribution in [0.25, 0.3) is 6.08 Å². The van der Waals surface area contributed by atoms with Crippen LogP contribution in [-0.4, -0.2) is 5.91 Å². The fourth-order valence-corrected chi connectivity index (χ4v) is 3.45. The van der Waals surface area contributed by atoms with Crippen LogP contribution in [0.4, 0.5) is 0 Å². The number of carbonyl (C=O) groups is 1. The average molecular weight is 347 g/mol. The second kappa shape index (κ2) is 8.45. The summed E-state index contributed by atoms with van der Waals surface area (Å²) in [5.74, 6) is -0.0955. The maximum absolute atomic E-state index is 12.4. The molecule has 0 bridgehead atoms. The summed E-state index contributed by atoms with van der Waals surface area (Å²) < 4.78 is 0. The van der Waals surface area contributed by atoms with E-state index in [4.69, 9.17) is 0 Å². The third-order valence-corrected chi connectivity index (χ3v) is 5.00. The van der Waals surface area contributed by atoms with Gasteiger partial charge in [0.2, 0.25) is 5.91 Å². The molecular formula is C22H21NOS. The van der Waals surface area contributed by atoms with Crippen molar-refractivity contribution < 1.29 is 4.79 Å². The van der Waals surface area contributed by atoms with E-state index in [2.05, 4.69) is 42.6 Å². The molecule has 0 aliphatic rings. The Morgan fingerprint density at radius 2 is 1.80 bits per heavy atom. The summed E-state index contributed by atoms with van der Waals surface area (Å²) in [5.41, 5.74) is 3.41. The number of thiophene rings is 1. The van der Waals surface area contributed by atoms with Gasteiger partial charge in [0.1, 0.15) is 0 Å². The van der Waals surface area contributed by atoms with Gasteiger partial charge in [-0.25, -0.2) is 0 Å². The van der Waals surface area contributed by atoms with Gasteiger partial charge < -0.3 is 5.32 Å². The topological polar surface area (TPSA) is 29.1 Å². The Balaban J connectivity index is 1.78. The zero-order valence-corrected chi connectivity index (χ0v) is 15.0. The van der Waals surface area contributed by atoms with E-state index in [9.17, 15) is 4.79 Å². The monoisotopic (exact) mass is 347 g/mol. The lowest BCUT2D eigenvalue weighted by Crippen LogP contribution is -2.27. The van der Waals surface area contributed by atoms with Gasteiger partial charge in [-0.05, 0) is 40.6 Å². The van der Waals surface area contributed by atoms with Crippen molar-refractivity contribution in [2.75, 3.05) is 0 Å². The van der Waals surface area contributed by atoms with Crippen LogP contribution in [-0.2, 0) is 11.2 Å². The highest BCUT2D eigenvalue weighted by Gasteiger charge is 2.16. The molecule has 0 fully saturated rings. The van der Waals surface area contributed by atoms with Gasteiger partial charge in [0.25, 0.3) is 0 Å². The summed E-state index contributed by atoms with van der Waals surface area (Å²) in [5, 5.41) is 5.16. The first-order chi connectivity index (χ1) is 12.3. The molecule has 0 unspecified atom stereocenters. The molecule has 2 aromatic carbocycles. The van der Waals surface area contributed by atoms with E-state index < -0.39 is 0 Å². The molecule has 1 aromatic heterocycles. The molecule has 1 atom stereocenters. The van der Waals surface area contributed by atoms with E-state index in [1.165, 1.54) is 5.56 Å². The number of hydrogen-bond donors (Lipinski definition) is 1. The summed E-state index contributed by atoms with van der Waals surface area (Å²) in [7, 11) is 0. The number of benzene rings is 2. The highest BCUT2D eigenvalue weighted by molar-refractivity contribution is 7.10. The average Bonchev–Trinajstić information content (AvgIpc) is 3.20. The Hall–Kier alpha value is -2.65. The lowest BCUT2D eigenvalue weighted by molar-refractivity contribution is -0.116. The Morgan fingerprint density at radius 3 is 2.44 bits per heavy atom. The molecule has 3 rings (SSSR count). The number of aryl methyl sites for hydroxylation is 1. The molecule has 1 N–H and O–H groups in total. The van der Waals surface area contributed by atoms with Crippen LogP contribution in [0.5, 0.6) is 0 Å². The van der Waals surface area contributed by atoms with E-state index in [1.807, 2.05) is 47.9 Å². The second-order valence-corrected chi connectivity index (χ2v) is 6.78. The molecule has 3 aromatic rings. The highest BCUT2D eigenvalue weighted by Crippen LogP contribution is 2.26. The van der Waals surface area contributed by atoms with E-state index in [0.717, 1.165) is 22.4 Å². The van der Waals surface area contributed by atoms with Gasteiger partial charge in [0, 0.05) is 11.0 Å². The van der Waals surface area contributed by atoms with Gasteiger partial charge in [-0.3, -0.25) is 4.79 Å². The minimum atomic E-state index is -0.126. The minimum absolute atomic E-state index is 0.0955. The zero-order chi connectivity index (χ0) is 17.5. The Morgan fingerprint density at radius 1 is 1.04 bits per heavy atom. The highest BCUT2D eigenvalue weighted by atomic mass is 32.1. The molecule has 0 saturated carbocycles. The summed E-state index contributed by atoms with van der Waals surface area (Å²) in [6, 6.07) is 22.2. The van der Waals surface area contributed by atoms with Crippen LogP contribution in [0, 0.1) is 0 Å². The maximum atomic E-state index is 12.4. The number of rotatable bonds is 6. The van der Waals surface area contributed by atoms with E-state index in [-0.39, 0.29) is 11.9 Å². The standard InChI is InChI=1S/C22H21NOS/c1-2-17-10-13-19(14-11-17)22(20-9-6-16-25-20)23-21(24)15-12-18-7-4-3-5-8-18/h3-16,22H,2H2,1H3,(H,23,24)/b15-12+/t22-/m1/s1. The summed E-state index contributed by atoms with van der Waals surface area (Å²) >= 11 is 1.65. The van der Waals surface area contributed by atoms with E-state index in [1.54, 1.807) is 17.4 Å². The van der Waals surface area contributed by atoms with Crippen molar-refractivity contribution >= 4 is 23.3 Å². The molecule has 0 aliphatic carbocycles. The number of amides is 1. The Labute approximate surface area is 152 Å². The molecule has 0 aliphatic heterocycles.